The molecule has 0 amide bonds. The van der Waals surface area contributed by atoms with Crippen LogP contribution in [0.5, 0.6) is 23.0 Å². The lowest BCUT2D eigenvalue weighted by Crippen LogP contribution is -2.39. The molecule has 2 heterocycles. The van der Waals surface area contributed by atoms with E-state index in [1.165, 1.54) is 16.9 Å². The van der Waals surface area contributed by atoms with Crippen LogP contribution >= 0.6 is 11.3 Å². The van der Waals surface area contributed by atoms with Crippen LogP contribution in [0.3, 0.4) is 0 Å². The second-order valence-electron chi connectivity index (χ2n) is 9.28. The summed E-state index contributed by atoms with van der Waals surface area (Å²) < 4.78 is 24.9. The topological polar surface area (TPSA) is 71.3 Å². The number of hydrogen-bond acceptors (Lipinski definition) is 7. The molecular weight excluding hydrogens is 512 g/mol. The second-order valence-corrected chi connectivity index (χ2v) is 10.3. The van der Waals surface area contributed by atoms with Crippen molar-refractivity contribution in [3.63, 3.8) is 0 Å². The fourth-order valence-corrected chi connectivity index (χ4v) is 6.58. The number of rotatable bonds is 6. The van der Waals surface area contributed by atoms with Crippen molar-refractivity contribution in [3.05, 3.63) is 108 Å². The predicted octanol–water partition coefficient (Wildman–Crippen LogP) is 4.35. The number of aromatic nitrogens is 1. The van der Waals surface area contributed by atoms with Crippen LogP contribution in [-0.4, -0.2) is 33.0 Å². The van der Waals surface area contributed by atoms with E-state index < -0.39 is 0 Å². The lowest BCUT2D eigenvalue weighted by atomic mass is 9.83. The third-order valence-corrected chi connectivity index (χ3v) is 8.30. The van der Waals surface area contributed by atoms with Gasteiger partial charge in [-0.1, -0.05) is 59.9 Å². The summed E-state index contributed by atoms with van der Waals surface area (Å²) in [5.41, 5.74) is 5.90. The SMILES string of the molecule is COc1cccc(C=c2sc3n(c2=O)C(c2cccc(OC)c2OC)C2=C(N=3)c3ccccc3CC2)c1OC. The Balaban J connectivity index is 1.65. The first-order valence-electron chi connectivity index (χ1n) is 12.6. The van der Waals surface area contributed by atoms with Crippen LogP contribution in [0.1, 0.15) is 34.7 Å². The van der Waals surface area contributed by atoms with Crippen molar-refractivity contribution in [1.29, 1.82) is 0 Å². The van der Waals surface area contributed by atoms with E-state index in [2.05, 4.69) is 18.2 Å². The second kappa shape index (κ2) is 10.1. The van der Waals surface area contributed by atoms with Crippen LogP contribution in [0.25, 0.3) is 11.8 Å². The molecule has 0 saturated carbocycles. The molecule has 4 aromatic rings. The van der Waals surface area contributed by atoms with Gasteiger partial charge in [-0.25, -0.2) is 4.99 Å². The minimum atomic E-state index is -0.385. The number of ether oxygens (including phenoxy) is 4. The Morgan fingerprint density at radius 3 is 2.31 bits per heavy atom. The van der Waals surface area contributed by atoms with Gasteiger partial charge >= 0.3 is 0 Å². The first-order valence-corrected chi connectivity index (χ1v) is 13.5. The summed E-state index contributed by atoms with van der Waals surface area (Å²) in [7, 11) is 6.44. The van der Waals surface area contributed by atoms with Crippen molar-refractivity contribution in [1.82, 2.24) is 4.57 Å². The zero-order valence-corrected chi connectivity index (χ0v) is 23.0. The number of allylic oxidation sites excluding steroid dienone is 1. The number of fused-ring (bicyclic) bond motifs is 3. The molecule has 2 aliphatic rings. The summed E-state index contributed by atoms with van der Waals surface area (Å²) in [6.45, 7) is 0. The van der Waals surface area contributed by atoms with E-state index in [1.54, 1.807) is 33.0 Å². The normalized spacial score (nSPS) is 16.1. The molecule has 198 valence electrons. The van der Waals surface area contributed by atoms with Crippen LogP contribution in [0.4, 0.5) is 0 Å². The first kappa shape index (κ1) is 25.0. The van der Waals surface area contributed by atoms with Crippen molar-refractivity contribution < 1.29 is 18.9 Å². The van der Waals surface area contributed by atoms with E-state index in [9.17, 15) is 4.79 Å². The van der Waals surface area contributed by atoms with Crippen molar-refractivity contribution in [2.75, 3.05) is 28.4 Å². The molecule has 6 rings (SSSR count). The number of thiazole rings is 1. The minimum absolute atomic E-state index is 0.121. The quantitative estimate of drug-likeness (QED) is 0.364. The van der Waals surface area contributed by atoms with Gasteiger partial charge in [0.25, 0.3) is 5.56 Å². The van der Waals surface area contributed by atoms with Crippen molar-refractivity contribution in [3.8, 4) is 23.0 Å². The van der Waals surface area contributed by atoms with Gasteiger partial charge in [-0.05, 0) is 42.2 Å². The molecule has 0 spiro atoms. The first-order chi connectivity index (χ1) is 19.1. The van der Waals surface area contributed by atoms with Crippen molar-refractivity contribution in [2.45, 2.75) is 18.9 Å². The monoisotopic (exact) mass is 540 g/mol. The van der Waals surface area contributed by atoms with E-state index >= 15 is 0 Å². The molecule has 1 atom stereocenters. The highest BCUT2D eigenvalue weighted by Gasteiger charge is 2.34. The van der Waals surface area contributed by atoms with Gasteiger partial charge in [-0.15, -0.1) is 0 Å². The number of para-hydroxylation sites is 2. The lowest BCUT2D eigenvalue weighted by molar-refractivity contribution is 0.348. The van der Waals surface area contributed by atoms with E-state index in [1.807, 2.05) is 48.5 Å². The molecule has 7 nitrogen and oxygen atoms in total. The number of hydrogen-bond donors (Lipinski definition) is 0. The van der Waals surface area contributed by atoms with E-state index in [4.69, 9.17) is 23.9 Å². The highest BCUT2D eigenvalue weighted by Crippen LogP contribution is 2.45. The van der Waals surface area contributed by atoms with Crippen LogP contribution in [0.2, 0.25) is 0 Å². The van der Waals surface area contributed by atoms with Crippen molar-refractivity contribution in [2.24, 2.45) is 4.99 Å². The lowest BCUT2D eigenvalue weighted by Gasteiger charge is -2.31. The molecule has 0 fully saturated rings. The van der Waals surface area contributed by atoms with Gasteiger partial charge in [0.2, 0.25) is 0 Å². The fourth-order valence-electron chi connectivity index (χ4n) is 5.59. The highest BCUT2D eigenvalue weighted by molar-refractivity contribution is 7.07. The smallest absolute Gasteiger partial charge is 0.271 e. The third-order valence-electron chi connectivity index (χ3n) is 7.32. The number of aryl methyl sites for hydroxylation is 1. The zero-order valence-electron chi connectivity index (χ0n) is 22.2. The maximum atomic E-state index is 14.1. The average Bonchev–Trinajstić information content (AvgIpc) is 3.29. The fraction of sp³-hybridized carbons (Fsp3) is 0.226. The third kappa shape index (κ3) is 4.03. The number of benzene rings is 3. The Labute approximate surface area is 229 Å². The minimum Gasteiger partial charge on any atom is -0.493 e. The van der Waals surface area contributed by atoms with E-state index in [0.29, 0.717) is 32.3 Å². The molecule has 1 aromatic heterocycles. The highest BCUT2D eigenvalue weighted by atomic mass is 32.1. The largest absolute Gasteiger partial charge is 0.493 e. The Morgan fingerprint density at radius 1 is 0.846 bits per heavy atom. The molecule has 0 saturated heterocycles. The molecule has 1 aliphatic carbocycles. The summed E-state index contributed by atoms with van der Waals surface area (Å²) in [6, 6.07) is 19.4. The summed E-state index contributed by atoms with van der Waals surface area (Å²) >= 11 is 1.37. The molecule has 1 unspecified atom stereocenters. The van der Waals surface area contributed by atoms with Gasteiger partial charge in [-0.2, -0.15) is 0 Å². The maximum absolute atomic E-state index is 14.1. The molecule has 1 aliphatic heterocycles. The Bertz CT molecular complexity index is 1800. The van der Waals surface area contributed by atoms with Gasteiger partial charge < -0.3 is 18.9 Å². The maximum Gasteiger partial charge on any atom is 0.271 e. The van der Waals surface area contributed by atoms with Crippen LogP contribution in [-0.2, 0) is 6.42 Å². The van der Waals surface area contributed by atoms with Crippen molar-refractivity contribution >= 4 is 23.1 Å². The van der Waals surface area contributed by atoms with E-state index in [-0.39, 0.29) is 11.6 Å². The Hall–Kier alpha value is -4.30. The molecule has 39 heavy (non-hydrogen) atoms. The van der Waals surface area contributed by atoms with Crippen LogP contribution in [0.15, 0.2) is 76.0 Å². The van der Waals surface area contributed by atoms with Crippen LogP contribution < -0.4 is 33.8 Å². The van der Waals surface area contributed by atoms with Gasteiger partial charge in [-0.3, -0.25) is 9.36 Å². The van der Waals surface area contributed by atoms with Crippen LogP contribution in [0, 0.1) is 0 Å². The number of methoxy groups -OCH3 is 4. The molecular formula is C31H28N2O5S. The summed E-state index contributed by atoms with van der Waals surface area (Å²) in [5.74, 6) is 2.41. The van der Waals surface area contributed by atoms with Gasteiger partial charge in [0.05, 0.1) is 44.7 Å². The average molecular weight is 541 g/mol. The van der Waals surface area contributed by atoms with Gasteiger partial charge in [0.1, 0.15) is 0 Å². The Morgan fingerprint density at radius 2 is 1.56 bits per heavy atom. The summed E-state index contributed by atoms with van der Waals surface area (Å²) in [6.07, 6.45) is 3.51. The Kier molecular flexibility index (Phi) is 6.48. The molecule has 8 heteroatoms. The van der Waals surface area contributed by atoms with E-state index in [0.717, 1.165) is 40.8 Å². The van der Waals surface area contributed by atoms with Gasteiger partial charge in [0.15, 0.2) is 27.8 Å². The predicted molar refractivity (Wildman–Crippen MR) is 152 cm³/mol. The van der Waals surface area contributed by atoms with Gasteiger partial charge in [0, 0.05) is 16.7 Å². The summed E-state index contributed by atoms with van der Waals surface area (Å²) in [5, 5.41) is 0. The molecule has 0 N–H and O–H groups in total. The summed E-state index contributed by atoms with van der Waals surface area (Å²) in [4.78, 5) is 19.9. The zero-order chi connectivity index (χ0) is 27.1. The molecule has 0 radical (unpaired) electrons. The molecule has 0 bridgehead atoms. The molecule has 3 aromatic carbocycles. The number of nitrogens with zero attached hydrogens (tertiary/aromatic N) is 2. The standard InChI is InChI=1S/C31H28N2O5S/c1-35-23-13-7-10-19(28(23)37-3)17-25-30(34)33-27(22-12-8-14-24(36-2)29(22)38-4)21-16-15-18-9-5-6-11-20(18)26(21)32-31(33)39-25/h5-14,17,27H,15-16H2,1-4H3.